The Morgan fingerprint density at radius 1 is 1.24 bits per heavy atom. The molecule has 2 atom stereocenters. The van der Waals surface area contributed by atoms with Gasteiger partial charge in [0.2, 0.25) is 0 Å². The van der Waals surface area contributed by atoms with Crippen molar-refractivity contribution in [3.8, 4) is 11.5 Å². The topological polar surface area (TPSA) is 63.5 Å². The van der Waals surface area contributed by atoms with Gasteiger partial charge in [-0.3, -0.25) is 0 Å². The number of oxime groups is 1. The van der Waals surface area contributed by atoms with Crippen LogP contribution < -0.4 is 9.47 Å². The summed E-state index contributed by atoms with van der Waals surface area (Å²) in [6.45, 7) is 1.32. The van der Waals surface area contributed by atoms with Gasteiger partial charge in [0.25, 0.3) is 0 Å². The highest BCUT2D eigenvalue weighted by Gasteiger charge is 2.50. The number of hydrogen-bond acceptors (Lipinski definition) is 6. The van der Waals surface area contributed by atoms with E-state index in [-0.39, 0.29) is 18.6 Å². The number of likely N-dealkylation sites (tertiary alicyclic amines) is 1. The summed E-state index contributed by atoms with van der Waals surface area (Å²) in [4.78, 5) is 7.62. The molecule has 0 unspecified atom stereocenters. The van der Waals surface area contributed by atoms with Crippen LogP contribution in [0.15, 0.2) is 23.4 Å². The van der Waals surface area contributed by atoms with Crippen molar-refractivity contribution in [3.05, 3.63) is 23.8 Å². The number of benzene rings is 1. The van der Waals surface area contributed by atoms with Gasteiger partial charge in [0.15, 0.2) is 11.5 Å². The van der Waals surface area contributed by atoms with Crippen molar-refractivity contribution in [2.24, 2.45) is 5.16 Å². The number of hydrogen-bond donors (Lipinski definition) is 1. The van der Waals surface area contributed by atoms with Crippen molar-refractivity contribution < 1.29 is 19.4 Å². The first-order valence-electron chi connectivity index (χ1n) is 8.86. The Morgan fingerprint density at radius 3 is 2.76 bits per heavy atom. The highest BCUT2D eigenvalue weighted by atomic mass is 16.6. The Kier molecular flexibility index (Phi) is 5.49. The number of rotatable bonds is 6. The van der Waals surface area contributed by atoms with E-state index >= 15 is 0 Å². The minimum atomic E-state index is -0.00427. The van der Waals surface area contributed by atoms with Gasteiger partial charge in [0.1, 0.15) is 6.61 Å². The van der Waals surface area contributed by atoms with E-state index in [0.29, 0.717) is 6.04 Å². The van der Waals surface area contributed by atoms with E-state index in [9.17, 15) is 0 Å². The van der Waals surface area contributed by atoms with Gasteiger partial charge in [-0.1, -0.05) is 11.2 Å². The largest absolute Gasteiger partial charge is 0.493 e. The molecular weight excluding hydrogens is 320 g/mol. The molecule has 138 valence electrons. The first-order chi connectivity index (χ1) is 12.1. The van der Waals surface area contributed by atoms with E-state index in [1.165, 1.54) is 5.56 Å². The predicted octanol–water partition coefficient (Wildman–Crippen LogP) is 2.19. The third kappa shape index (κ3) is 3.33. The van der Waals surface area contributed by atoms with E-state index in [1.54, 1.807) is 14.2 Å². The third-order valence-electron chi connectivity index (χ3n) is 5.70. The number of aliphatic hydroxyl groups excluding tert-OH is 1. The van der Waals surface area contributed by atoms with Crippen LogP contribution in [0.5, 0.6) is 11.5 Å². The van der Waals surface area contributed by atoms with Crippen molar-refractivity contribution in [2.45, 2.75) is 37.1 Å². The Labute approximate surface area is 149 Å². The van der Waals surface area contributed by atoms with Crippen LogP contribution in [-0.4, -0.2) is 62.8 Å². The normalized spacial score (nSPS) is 28.0. The van der Waals surface area contributed by atoms with Crippen molar-refractivity contribution >= 4 is 5.71 Å². The molecule has 25 heavy (non-hydrogen) atoms. The van der Waals surface area contributed by atoms with E-state index in [4.69, 9.17) is 19.4 Å². The number of ether oxygens (including phenoxy) is 2. The Bertz CT molecular complexity index is 634. The highest BCUT2D eigenvalue weighted by molar-refractivity contribution is 5.86. The molecule has 1 aliphatic heterocycles. The summed E-state index contributed by atoms with van der Waals surface area (Å²) in [5.74, 6) is 1.55. The maximum absolute atomic E-state index is 8.85. The molecule has 3 rings (SSSR count). The van der Waals surface area contributed by atoms with Crippen LogP contribution in [0.3, 0.4) is 0 Å². The zero-order chi connectivity index (χ0) is 17.9. The molecule has 0 bridgehead atoms. The first kappa shape index (κ1) is 18.0. The van der Waals surface area contributed by atoms with E-state index in [2.05, 4.69) is 29.2 Å². The molecule has 0 spiro atoms. The molecule has 0 aromatic heterocycles. The van der Waals surface area contributed by atoms with Gasteiger partial charge >= 0.3 is 0 Å². The van der Waals surface area contributed by atoms with Crippen LogP contribution in [0.4, 0.5) is 0 Å². The summed E-state index contributed by atoms with van der Waals surface area (Å²) in [7, 11) is 5.53. The van der Waals surface area contributed by atoms with Crippen LogP contribution in [0, 0.1) is 0 Å². The fourth-order valence-corrected chi connectivity index (χ4v) is 4.34. The number of aliphatic hydroxyl groups is 1. The molecule has 1 aromatic carbocycles. The second kappa shape index (κ2) is 7.62. The molecule has 1 saturated heterocycles. The lowest BCUT2D eigenvalue weighted by molar-refractivity contribution is 0.0958. The van der Waals surface area contributed by atoms with Gasteiger partial charge in [-0.2, -0.15) is 0 Å². The lowest BCUT2D eigenvalue weighted by Gasteiger charge is -2.42. The lowest BCUT2D eigenvalue weighted by atomic mass is 9.65. The summed E-state index contributed by atoms with van der Waals surface area (Å²) >= 11 is 0. The Hall–Kier alpha value is -1.79. The minimum Gasteiger partial charge on any atom is -0.493 e. The maximum Gasteiger partial charge on any atom is 0.161 e. The summed E-state index contributed by atoms with van der Waals surface area (Å²) in [5, 5.41) is 13.1. The predicted molar refractivity (Wildman–Crippen MR) is 96.6 cm³/mol. The third-order valence-corrected chi connectivity index (χ3v) is 5.70. The van der Waals surface area contributed by atoms with Crippen LogP contribution in [0.1, 0.15) is 31.2 Å². The molecular formula is C19H28N2O4. The van der Waals surface area contributed by atoms with Gasteiger partial charge in [-0.05, 0) is 50.6 Å². The zero-order valence-corrected chi connectivity index (χ0v) is 15.3. The van der Waals surface area contributed by atoms with Crippen molar-refractivity contribution in [3.63, 3.8) is 0 Å². The van der Waals surface area contributed by atoms with Gasteiger partial charge in [-0.25, -0.2) is 0 Å². The smallest absolute Gasteiger partial charge is 0.161 e. The molecule has 1 heterocycles. The van der Waals surface area contributed by atoms with E-state index in [0.717, 1.165) is 49.4 Å². The molecule has 1 aliphatic carbocycles. The highest BCUT2D eigenvalue weighted by Crippen LogP contribution is 2.49. The molecule has 0 amide bonds. The second-order valence-electron chi connectivity index (χ2n) is 6.89. The van der Waals surface area contributed by atoms with E-state index in [1.807, 2.05) is 6.07 Å². The molecule has 1 saturated carbocycles. The van der Waals surface area contributed by atoms with Gasteiger partial charge in [0.05, 0.1) is 26.5 Å². The number of nitrogens with zero attached hydrogens (tertiary/aromatic N) is 2. The number of likely N-dealkylation sites (N-methyl/N-ethyl adjacent to an activating group) is 1. The SMILES string of the molecule is COc1ccc([C@@]23CC/C(=N\OCCO)C[C@@H]2N(C)CC3)cc1OC. The first-order valence-corrected chi connectivity index (χ1v) is 8.86. The van der Waals surface area contributed by atoms with Crippen molar-refractivity contribution in [2.75, 3.05) is 41.0 Å². The van der Waals surface area contributed by atoms with Crippen LogP contribution in [0.25, 0.3) is 0 Å². The zero-order valence-electron chi connectivity index (χ0n) is 15.3. The molecule has 6 heteroatoms. The molecule has 2 fully saturated rings. The standard InChI is InChI=1S/C19H28N2O4/c1-21-9-8-19(14-4-5-16(23-2)17(12-14)24-3)7-6-15(13-18(19)21)20-25-11-10-22/h4-5,12,18,22H,6-11,13H2,1-3H3/b20-15+/t18-,19-/m0/s1. The molecule has 1 aromatic rings. The Balaban J connectivity index is 1.88. The van der Waals surface area contributed by atoms with Crippen LogP contribution in [0.2, 0.25) is 0 Å². The van der Waals surface area contributed by atoms with Crippen molar-refractivity contribution in [1.82, 2.24) is 4.90 Å². The average Bonchev–Trinajstić information content (AvgIpc) is 2.99. The van der Waals surface area contributed by atoms with Crippen LogP contribution >= 0.6 is 0 Å². The molecule has 6 nitrogen and oxygen atoms in total. The van der Waals surface area contributed by atoms with Gasteiger partial charge in [0, 0.05) is 17.9 Å². The number of fused-ring (bicyclic) bond motifs is 1. The number of methoxy groups -OCH3 is 2. The summed E-state index contributed by atoms with van der Waals surface area (Å²) < 4.78 is 10.9. The summed E-state index contributed by atoms with van der Waals surface area (Å²) in [5.41, 5.74) is 2.52. The molecule has 1 N–H and O–H groups in total. The van der Waals surface area contributed by atoms with Gasteiger partial charge < -0.3 is 24.3 Å². The monoisotopic (exact) mass is 348 g/mol. The van der Waals surface area contributed by atoms with Gasteiger partial charge in [-0.15, -0.1) is 0 Å². The maximum atomic E-state index is 8.85. The molecule has 2 aliphatic rings. The quantitative estimate of drug-likeness (QED) is 0.631. The summed E-state index contributed by atoms with van der Waals surface area (Å²) in [6.07, 6.45) is 3.99. The average molecular weight is 348 g/mol. The fourth-order valence-electron chi connectivity index (χ4n) is 4.34. The summed E-state index contributed by atoms with van der Waals surface area (Å²) in [6, 6.07) is 6.72. The second-order valence-corrected chi connectivity index (χ2v) is 6.89. The Morgan fingerprint density at radius 2 is 2.04 bits per heavy atom. The fraction of sp³-hybridized carbons (Fsp3) is 0.632. The minimum absolute atomic E-state index is 0.00427. The van der Waals surface area contributed by atoms with Crippen molar-refractivity contribution in [1.29, 1.82) is 0 Å². The lowest BCUT2D eigenvalue weighted by Crippen LogP contribution is -2.46. The van der Waals surface area contributed by atoms with E-state index < -0.39 is 0 Å². The van der Waals surface area contributed by atoms with Crippen LogP contribution in [-0.2, 0) is 10.3 Å². The molecule has 0 radical (unpaired) electrons.